The van der Waals surface area contributed by atoms with Crippen molar-refractivity contribution in [1.82, 2.24) is 5.32 Å². The van der Waals surface area contributed by atoms with Gasteiger partial charge in [-0.15, -0.1) is 0 Å². The third-order valence-corrected chi connectivity index (χ3v) is 6.40. The van der Waals surface area contributed by atoms with Gasteiger partial charge in [0.1, 0.15) is 0 Å². The monoisotopic (exact) mass is 369 g/mol. The Bertz CT molecular complexity index is 702. The van der Waals surface area contributed by atoms with Crippen LogP contribution >= 0.6 is 0 Å². The van der Waals surface area contributed by atoms with Crippen molar-refractivity contribution in [2.45, 2.75) is 64.0 Å². The number of hydrogen-bond donors (Lipinski definition) is 1. The number of carbonyl (C=O) groups excluding carboxylic acids is 1. The molecule has 4 aliphatic rings. The summed E-state index contributed by atoms with van der Waals surface area (Å²) in [5.74, 6) is 3.93. The molecule has 0 spiro atoms. The lowest BCUT2D eigenvalue weighted by Crippen LogP contribution is -2.59. The molecule has 4 fully saturated rings. The first-order valence-electron chi connectivity index (χ1n) is 10.3. The molecule has 4 bridgehead atoms. The first-order chi connectivity index (χ1) is 12.9. The quantitative estimate of drug-likeness (QED) is 0.747. The van der Waals surface area contributed by atoms with Crippen LogP contribution in [-0.4, -0.2) is 24.7 Å². The molecule has 1 aromatic carbocycles. The van der Waals surface area contributed by atoms with Crippen LogP contribution in [0.1, 0.15) is 57.9 Å². The molecule has 0 unspecified atom stereocenters. The topological polar surface area (TPSA) is 47.6 Å². The van der Waals surface area contributed by atoms with E-state index in [0.717, 1.165) is 29.1 Å². The van der Waals surface area contributed by atoms with E-state index in [4.69, 9.17) is 9.47 Å². The van der Waals surface area contributed by atoms with E-state index in [0.29, 0.717) is 5.75 Å². The summed E-state index contributed by atoms with van der Waals surface area (Å²) in [6.45, 7) is 3.98. The zero-order valence-corrected chi connectivity index (χ0v) is 16.7. The minimum absolute atomic E-state index is 0.0263. The summed E-state index contributed by atoms with van der Waals surface area (Å²) in [5.41, 5.74) is 0.992. The number of hydrogen-bond acceptors (Lipinski definition) is 3. The van der Waals surface area contributed by atoms with Crippen LogP contribution < -0.4 is 14.8 Å². The lowest BCUT2D eigenvalue weighted by atomic mass is 9.53. The smallest absolute Gasteiger partial charge is 0.244 e. The molecule has 4 aliphatic carbocycles. The minimum atomic E-state index is 0.0263. The molecule has 27 heavy (non-hydrogen) atoms. The highest BCUT2D eigenvalue weighted by atomic mass is 16.5. The zero-order valence-electron chi connectivity index (χ0n) is 16.7. The van der Waals surface area contributed by atoms with E-state index in [9.17, 15) is 4.79 Å². The van der Waals surface area contributed by atoms with E-state index in [2.05, 4.69) is 5.32 Å². The molecule has 0 aromatic heterocycles. The number of rotatable bonds is 6. The van der Waals surface area contributed by atoms with Gasteiger partial charge in [0.15, 0.2) is 11.5 Å². The molecule has 4 saturated carbocycles. The number of benzene rings is 1. The maximum atomic E-state index is 12.6. The van der Waals surface area contributed by atoms with E-state index in [1.807, 2.05) is 38.1 Å². The maximum absolute atomic E-state index is 12.6. The molecule has 4 heteroatoms. The highest BCUT2D eigenvalue weighted by molar-refractivity contribution is 5.92. The van der Waals surface area contributed by atoms with Crippen LogP contribution in [0.2, 0.25) is 0 Å². The molecule has 0 atom stereocenters. The molecule has 5 rings (SSSR count). The predicted molar refractivity (Wildman–Crippen MR) is 107 cm³/mol. The number of carbonyl (C=O) groups is 1. The maximum Gasteiger partial charge on any atom is 0.244 e. The Hall–Kier alpha value is -1.97. The second-order valence-electron chi connectivity index (χ2n) is 9.10. The Balaban J connectivity index is 1.41. The molecular weight excluding hydrogens is 338 g/mol. The summed E-state index contributed by atoms with van der Waals surface area (Å²) in [4.78, 5) is 12.6. The normalized spacial score (nSPS) is 31.5. The van der Waals surface area contributed by atoms with Crippen molar-refractivity contribution in [1.29, 1.82) is 0 Å². The molecule has 0 aliphatic heterocycles. The standard InChI is InChI=1S/C23H31NO3/c1-15(2)27-20-6-4-16(11-21(20)26-3)5-7-22(25)24-23-12-17-8-18(13-23)10-19(9-17)14-23/h4-7,11,15,17-19H,8-10,12-14H2,1-3H3,(H,24,25)/b7-5+. The third-order valence-electron chi connectivity index (χ3n) is 6.40. The van der Waals surface area contributed by atoms with Gasteiger partial charge in [-0.05, 0) is 93.9 Å². The number of methoxy groups -OCH3 is 1. The second-order valence-corrected chi connectivity index (χ2v) is 9.10. The molecule has 0 saturated heterocycles. The fraction of sp³-hybridized carbons (Fsp3) is 0.609. The summed E-state index contributed by atoms with van der Waals surface area (Å²) >= 11 is 0. The Morgan fingerprint density at radius 1 is 1.11 bits per heavy atom. The van der Waals surface area contributed by atoms with Gasteiger partial charge in [0.2, 0.25) is 5.91 Å². The minimum Gasteiger partial charge on any atom is -0.493 e. The molecule has 1 aromatic rings. The van der Waals surface area contributed by atoms with Crippen molar-refractivity contribution in [3.63, 3.8) is 0 Å². The lowest BCUT2D eigenvalue weighted by Gasteiger charge is -2.56. The van der Waals surface area contributed by atoms with Gasteiger partial charge in [-0.25, -0.2) is 0 Å². The molecule has 0 radical (unpaired) electrons. The third kappa shape index (κ3) is 3.99. The predicted octanol–water partition coefficient (Wildman–Crippen LogP) is 4.58. The van der Waals surface area contributed by atoms with E-state index < -0.39 is 0 Å². The van der Waals surface area contributed by atoms with Crippen LogP contribution in [0.3, 0.4) is 0 Å². The summed E-state index contributed by atoms with van der Waals surface area (Å²) in [7, 11) is 1.63. The van der Waals surface area contributed by atoms with Crippen LogP contribution in [0.25, 0.3) is 6.08 Å². The van der Waals surface area contributed by atoms with E-state index in [1.165, 1.54) is 38.5 Å². The van der Waals surface area contributed by atoms with Gasteiger partial charge in [-0.3, -0.25) is 4.79 Å². The van der Waals surface area contributed by atoms with Gasteiger partial charge in [-0.2, -0.15) is 0 Å². The van der Waals surface area contributed by atoms with E-state index in [-0.39, 0.29) is 17.6 Å². The summed E-state index contributed by atoms with van der Waals surface area (Å²) in [5, 5.41) is 3.38. The SMILES string of the molecule is COc1cc(/C=C/C(=O)NC23CC4CC(CC(C4)C2)C3)ccc1OC(C)C. The van der Waals surface area contributed by atoms with Crippen molar-refractivity contribution < 1.29 is 14.3 Å². The van der Waals surface area contributed by atoms with Crippen LogP contribution in [0.5, 0.6) is 11.5 Å². The average molecular weight is 370 g/mol. The molecule has 4 nitrogen and oxygen atoms in total. The molecule has 146 valence electrons. The molecular formula is C23H31NO3. The Morgan fingerprint density at radius 2 is 1.74 bits per heavy atom. The average Bonchev–Trinajstić information content (AvgIpc) is 2.58. The second kappa shape index (κ2) is 7.21. The van der Waals surface area contributed by atoms with Crippen LogP contribution in [0.15, 0.2) is 24.3 Å². The number of nitrogens with one attached hydrogen (secondary N) is 1. The van der Waals surface area contributed by atoms with Crippen molar-refractivity contribution >= 4 is 12.0 Å². The van der Waals surface area contributed by atoms with Gasteiger partial charge in [-0.1, -0.05) is 6.07 Å². The van der Waals surface area contributed by atoms with Gasteiger partial charge >= 0.3 is 0 Å². The lowest BCUT2D eigenvalue weighted by molar-refractivity contribution is -0.122. The Labute approximate surface area is 162 Å². The summed E-state index contributed by atoms with van der Waals surface area (Å²) in [6, 6.07) is 5.76. The summed E-state index contributed by atoms with van der Waals surface area (Å²) in [6.07, 6.45) is 11.3. The first kappa shape index (κ1) is 18.4. The van der Waals surface area contributed by atoms with Crippen molar-refractivity contribution in [3.05, 3.63) is 29.8 Å². The molecule has 0 heterocycles. The van der Waals surface area contributed by atoms with Gasteiger partial charge < -0.3 is 14.8 Å². The Kier molecular flexibility index (Phi) is 4.92. The van der Waals surface area contributed by atoms with Crippen LogP contribution in [0.4, 0.5) is 0 Å². The summed E-state index contributed by atoms with van der Waals surface area (Å²) < 4.78 is 11.2. The van der Waals surface area contributed by atoms with Crippen molar-refractivity contribution in [3.8, 4) is 11.5 Å². The van der Waals surface area contributed by atoms with Crippen molar-refractivity contribution in [2.75, 3.05) is 7.11 Å². The van der Waals surface area contributed by atoms with Gasteiger partial charge in [0, 0.05) is 11.6 Å². The van der Waals surface area contributed by atoms with E-state index in [1.54, 1.807) is 13.2 Å². The highest BCUT2D eigenvalue weighted by Gasteiger charge is 2.51. The molecule has 1 amide bonds. The Morgan fingerprint density at radius 3 is 2.30 bits per heavy atom. The molecule has 1 N–H and O–H groups in total. The highest BCUT2D eigenvalue weighted by Crippen LogP contribution is 2.55. The fourth-order valence-electron chi connectivity index (χ4n) is 5.88. The van der Waals surface area contributed by atoms with Crippen LogP contribution in [0, 0.1) is 17.8 Å². The number of amides is 1. The largest absolute Gasteiger partial charge is 0.493 e. The first-order valence-corrected chi connectivity index (χ1v) is 10.3. The van der Waals surface area contributed by atoms with Crippen LogP contribution in [-0.2, 0) is 4.79 Å². The van der Waals surface area contributed by atoms with Crippen molar-refractivity contribution in [2.24, 2.45) is 17.8 Å². The fourth-order valence-corrected chi connectivity index (χ4v) is 5.88. The van der Waals surface area contributed by atoms with Gasteiger partial charge in [0.25, 0.3) is 0 Å². The van der Waals surface area contributed by atoms with E-state index >= 15 is 0 Å². The zero-order chi connectivity index (χ0) is 19.0. The van der Waals surface area contributed by atoms with Gasteiger partial charge in [0.05, 0.1) is 13.2 Å². The number of ether oxygens (including phenoxy) is 2.